The summed E-state index contributed by atoms with van der Waals surface area (Å²) in [4.78, 5) is 12.8. The van der Waals surface area contributed by atoms with Crippen LogP contribution in [0.1, 0.15) is 0 Å². The molecule has 12 heteroatoms. The zero-order valence-corrected chi connectivity index (χ0v) is 21.4. The minimum Gasteiger partial charge on any atom is -0.497 e. The van der Waals surface area contributed by atoms with Crippen LogP contribution in [0.5, 0.6) is 23.0 Å². The van der Waals surface area contributed by atoms with Crippen LogP contribution in [0.3, 0.4) is 0 Å². The van der Waals surface area contributed by atoms with E-state index in [0.717, 1.165) is 10.4 Å². The first-order valence-electron chi connectivity index (χ1n) is 10.4. The number of amides is 1. The molecule has 0 radical (unpaired) electrons. The number of halogens is 2. The molecular formula is C24H24ClFN2O7S. The van der Waals surface area contributed by atoms with Crippen molar-refractivity contribution in [3.8, 4) is 23.0 Å². The molecule has 0 fully saturated rings. The Bertz CT molecular complexity index is 1370. The maximum absolute atomic E-state index is 13.8. The molecule has 192 valence electrons. The van der Waals surface area contributed by atoms with E-state index in [1.165, 1.54) is 70.9 Å². The van der Waals surface area contributed by atoms with Gasteiger partial charge in [-0.1, -0.05) is 11.6 Å². The number of nitrogens with zero attached hydrogens (tertiary/aromatic N) is 1. The van der Waals surface area contributed by atoms with Crippen LogP contribution in [0.4, 0.5) is 15.8 Å². The predicted molar refractivity (Wildman–Crippen MR) is 134 cm³/mol. The van der Waals surface area contributed by atoms with Gasteiger partial charge in [0.15, 0.2) is 11.5 Å². The third-order valence-electron chi connectivity index (χ3n) is 5.09. The van der Waals surface area contributed by atoms with Gasteiger partial charge in [-0.3, -0.25) is 9.10 Å². The zero-order valence-electron chi connectivity index (χ0n) is 19.9. The summed E-state index contributed by atoms with van der Waals surface area (Å²) in [6, 6.07) is 12.2. The average Bonchev–Trinajstić information content (AvgIpc) is 2.88. The van der Waals surface area contributed by atoms with E-state index in [0.29, 0.717) is 11.5 Å². The molecule has 0 unspecified atom stereocenters. The number of sulfonamides is 1. The van der Waals surface area contributed by atoms with Gasteiger partial charge in [-0.2, -0.15) is 0 Å². The molecule has 0 saturated heterocycles. The van der Waals surface area contributed by atoms with E-state index in [4.69, 9.17) is 30.5 Å². The Morgan fingerprint density at radius 3 is 2.17 bits per heavy atom. The van der Waals surface area contributed by atoms with Crippen LogP contribution >= 0.6 is 11.6 Å². The number of carbonyl (C=O) groups excluding carboxylic acids is 1. The molecule has 3 rings (SSSR count). The Kier molecular flexibility index (Phi) is 8.49. The molecule has 0 heterocycles. The highest BCUT2D eigenvalue weighted by Crippen LogP contribution is 2.37. The van der Waals surface area contributed by atoms with Crippen molar-refractivity contribution < 1.29 is 36.6 Å². The lowest BCUT2D eigenvalue weighted by molar-refractivity contribution is -0.114. The molecule has 0 aliphatic heterocycles. The average molecular weight is 539 g/mol. The molecule has 0 aliphatic rings. The Labute approximate surface area is 213 Å². The maximum Gasteiger partial charge on any atom is 0.265 e. The summed E-state index contributed by atoms with van der Waals surface area (Å²) in [5.41, 5.74) is 0.242. The Hall–Kier alpha value is -3.70. The van der Waals surface area contributed by atoms with Gasteiger partial charge >= 0.3 is 0 Å². The van der Waals surface area contributed by atoms with E-state index in [2.05, 4.69) is 5.32 Å². The molecule has 0 aromatic heterocycles. The Morgan fingerprint density at radius 1 is 0.889 bits per heavy atom. The van der Waals surface area contributed by atoms with Gasteiger partial charge in [0.1, 0.15) is 23.9 Å². The molecule has 3 aromatic rings. The maximum atomic E-state index is 13.8. The molecule has 0 bridgehead atoms. The topological polar surface area (TPSA) is 103 Å². The number of nitrogens with one attached hydrogen (secondary N) is 1. The fourth-order valence-electron chi connectivity index (χ4n) is 3.30. The summed E-state index contributed by atoms with van der Waals surface area (Å²) in [6.07, 6.45) is 0. The third-order valence-corrected chi connectivity index (χ3v) is 7.13. The van der Waals surface area contributed by atoms with Crippen LogP contribution in [0.2, 0.25) is 5.02 Å². The lowest BCUT2D eigenvalue weighted by Gasteiger charge is -2.26. The van der Waals surface area contributed by atoms with Crippen LogP contribution in [0.15, 0.2) is 59.5 Å². The van der Waals surface area contributed by atoms with E-state index >= 15 is 0 Å². The van der Waals surface area contributed by atoms with Crippen LogP contribution in [-0.4, -0.2) is 49.3 Å². The second-order valence-corrected chi connectivity index (χ2v) is 9.51. The SMILES string of the molecule is COc1ccc(OC)c(N(CC(=O)Nc2ccc(F)c(Cl)c2)S(=O)(=O)c2ccc(OC)c(OC)c2)c1. The van der Waals surface area contributed by atoms with Crippen LogP contribution in [-0.2, 0) is 14.8 Å². The van der Waals surface area contributed by atoms with Crippen LogP contribution in [0.25, 0.3) is 0 Å². The number of carbonyl (C=O) groups is 1. The van der Waals surface area contributed by atoms with Crippen LogP contribution in [0, 0.1) is 5.82 Å². The number of rotatable bonds is 10. The van der Waals surface area contributed by atoms with Crippen molar-refractivity contribution in [3.63, 3.8) is 0 Å². The van der Waals surface area contributed by atoms with E-state index in [1.54, 1.807) is 6.07 Å². The molecule has 0 aliphatic carbocycles. The first kappa shape index (κ1) is 26.9. The monoisotopic (exact) mass is 538 g/mol. The standard InChI is InChI=1S/C24H24ClFN2O7S/c1-32-16-6-9-21(33-2)20(12-16)28(14-24(29)27-15-5-8-19(26)18(25)11-15)36(30,31)17-7-10-22(34-3)23(13-17)35-4/h5-13H,14H2,1-4H3,(H,27,29). The number of methoxy groups -OCH3 is 4. The van der Waals surface area contributed by atoms with Crippen molar-refractivity contribution >= 4 is 38.9 Å². The van der Waals surface area contributed by atoms with Gasteiger partial charge in [0.25, 0.3) is 10.0 Å². The quantitative estimate of drug-likeness (QED) is 0.409. The number of hydrogen-bond donors (Lipinski definition) is 1. The van der Waals surface area contributed by atoms with Gasteiger partial charge in [-0.25, -0.2) is 12.8 Å². The van der Waals surface area contributed by atoms with Crippen molar-refractivity contribution in [2.45, 2.75) is 4.90 Å². The van der Waals surface area contributed by atoms with Gasteiger partial charge in [-0.05, 0) is 42.5 Å². The second-order valence-electron chi connectivity index (χ2n) is 7.24. The van der Waals surface area contributed by atoms with Crippen LogP contribution < -0.4 is 28.6 Å². The van der Waals surface area contributed by atoms with Gasteiger partial charge in [-0.15, -0.1) is 0 Å². The summed E-state index contributed by atoms with van der Waals surface area (Å²) in [5.74, 6) is -0.351. The van der Waals surface area contributed by atoms with Gasteiger partial charge in [0, 0.05) is 17.8 Å². The van der Waals surface area contributed by atoms with Crippen molar-refractivity contribution in [2.24, 2.45) is 0 Å². The minimum absolute atomic E-state index is 0.0546. The highest BCUT2D eigenvalue weighted by Gasteiger charge is 2.31. The summed E-state index contributed by atoms with van der Waals surface area (Å²) in [5, 5.41) is 2.33. The van der Waals surface area contributed by atoms with E-state index in [9.17, 15) is 17.6 Å². The lowest BCUT2D eigenvalue weighted by atomic mass is 10.2. The normalized spacial score (nSPS) is 10.9. The number of hydrogen-bond acceptors (Lipinski definition) is 7. The van der Waals surface area contributed by atoms with Gasteiger partial charge in [0.2, 0.25) is 5.91 Å². The van der Waals surface area contributed by atoms with E-state index < -0.39 is 28.3 Å². The van der Waals surface area contributed by atoms with Crippen molar-refractivity contribution in [2.75, 3.05) is 44.6 Å². The molecule has 0 saturated carbocycles. The smallest absolute Gasteiger partial charge is 0.265 e. The van der Waals surface area contributed by atoms with Crippen molar-refractivity contribution in [3.05, 3.63) is 65.4 Å². The fraction of sp³-hybridized carbons (Fsp3) is 0.208. The number of anilines is 2. The fourth-order valence-corrected chi connectivity index (χ4v) is 4.92. The first-order chi connectivity index (χ1) is 17.1. The van der Waals surface area contributed by atoms with Crippen molar-refractivity contribution in [1.29, 1.82) is 0 Å². The molecule has 1 amide bonds. The summed E-state index contributed by atoms with van der Waals surface area (Å²) < 4.78 is 63.1. The van der Waals surface area contributed by atoms with Gasteiger partial charge < -0.3 is 24.3 Å². The largest absolute Gasteiger partial charge is 0.497 e. The predicted octanol–water partition coefficient (Wildman–Crippen LogP) is 4.35. The molecule has 1 N–H and O–H groups in total. The molecule has 0 atom stereocenters. The summed E-state index contributed by atoms with van der Waals surface area (Å²) in [6.45, 7) is -0.658. The molecule has 9 nitrogen and oxygen atoms in total. The Balaban J connectivity index is 2.09. The molecular weight excluding hydrogens is 515 g/mol. The first-order valence-corrected chi connectivity index (χ1v) is 12.2. The van der Waals surface area contributed by atoms with E-state index in [-0.39, 0.29) is 32.8 Å². The van der Waals surface area contributed by atoms with Gasteiger partial charge in [0.05, 0.1) is 44.0 Å². The third kappa shape index (κ3) is 5.74. The van der Waals surface area contributed by atoms with Crippen molar-refractivity contribution in [1.82, 2.24) is 0 Å². The Morgan fingerprint density at radius 2 is 1.56 bits per heavy atom. The molecule has 0 spiro atoms. The molecule has 3 aromatic carbocycles. The number of benzene rings is 3. The lowest BCUT2D eigenvalue weighted by Crippen LogP contribution is -2.38. The second kappa shape index (κ2) is 11.4. The minimum atomic E-state index is -4.36. The summed E-state index contributed by atoms with van der Waals surface area (Å²) >= 11 is 5.79. The number of ether oxygens (including phenoxy) is 4. The highest BCUT2D eigenvalue weighted by molar-refractivity contribution is 7.92. The van der Waals surface area contributed by atoms with E-state index in [1.807, 2.05) is 0 Å². The molecule has 36 heavy (non-hydrogen) atoms. The highest BCUT2D eigenvalue weighted by atomic mass is 35.5. The summed E-state index contributed by atoms with van der Waals surface area (Å²) in [7, 11) is 1.23. The zero-order chi connectivity index (χ0) is 26.5.